The molecular formula is C7H8N6O2S. The molecule has 9 heteroatoms. The third-order valence-electron chi connectivity index (χ3n) is 1.69. The maximum absolute atomic E-state index is 11.1. The molecule has 16 heavy (non-hydrogen) atoms. The second-order valence-electron chi connectivity index (χ2n) is 2.71. The van der Waals surface area contributed by atoms with Crippen molar-refractivity contribution in [2.24, 2.45) is 0 Å². The van der Waals surface area contributed by atoms with Gasteiger partial charge >= 0.3 is 5.97 Å². The maximum atomic E-state index is 11.1. The average molecular weight is 240 g/mol. The van der Waals surface area contributed by atoms with Crippen molar-refractivity contribution in [2.75, 3.05) is 12.4 Å². The van der Waals surface area contributed by atoms with Crippen LogP contribution in [0, 0.1) is 0 Å². The Kier molecular flexibility index (Phi) is 3.05. The summed E-state index contributed by atoms with van der Waals surface area (Å²) < 4.78 is 4.54. The van der Waals surface area contributed by atoms with Crippen LogP contribution in [0.25, 0.3) is 0 Å². The molecule has 0 aliphatic rings. The van der Waals surface area contributed by atoms with Crippen LogP contribution in [-0.4, -0.2) is 38.7 Å². The van der Waals surface area contributed by atoms with Crippen molar-refractivity contribution in [1.29, 1.82) is 0 Å². The molecule has 2 aromatic heterocycles. The van der Waals surface area contributed by atoms with Gasteiger partial charge < -0.3 is 10.1 Å². The molecule has 0 aliphatic carbocycles. The number of rotatable bonds is 4. The molecule has 0 spiro atoms. The van der Waals surface area contributed by atoms with Gasteiger partial charge in [-0.2, -0.15) is 5.21 Å². The number of aromatic amines is 1. The van der Waals surface area contributed by atoms with Gasteiger partial charge in [0.05, 0.1) is 13.7 Å². The highest BCUT2D eigenvalue weighted by Crippen LogP contribution is 2.16. The number of hydrogen-bond acceptors (Lipinski definition) is 8. The summed E-state index contributed by atoms with van der Waals surface area (Å²) in [6.45, 7) is 0.393. The Balaban J connectivity index is 1.95. The molecule has 2 N–H and O–H groups in total. The van der Waals surface area contributed by atoms with Gasteiger partial charge in [-0.05, 0) is 0 Å². The van der Waals surface area contributed by atoms with E-state index in [-0.39, 0.29) is 5.69 Å². The van der Waals surface area contributed by atoms with Crippen molar-refractivity contribution in [2.45, 2.75) is 6.54 Å². The monoisotopic (exact) mass is 240 g/mol. The number of H-pyrrole nitrogens is 1. The second-order valence-corrected chi connectivity index (χ2v) is 3.57. The Labute approximate surface area is 94.0 Å². The number of tetrazole rings is 1. The predicted octanol–water partition coefficient (Wildman–Crippen LogP) is 0.0549. The zero-order valence-corrected chi connectivity index (χ0v) is 9.11. The number of aromatic nitrogens is 5. The maximum Gasteiger partial charge on any atom is 0.357 e. The molecular weight excluding hydrogens is 232 g/mol. The number of ether oxygens (including phenoxy) is 1. The van der Waals surface area contributed by atoms with E-state index in [0.29, 0.717) is 17.5 Å². The van der Waals surface area contributed by atoms with Crippen molar-refractivity contribution in [3.8, 4) is 0 Å². The highest BCUT2D eigenvalue weighted by molar-refractivity contribution is 7.13. The van der Waals surface area contributed by atoms with Crippen LogP contribution >= 0.6 is 11.3 Å². The molecule has 0 unspecified atom stereocenters. The van der Waals surface area contributed by atoms with E-state index in [1.165, 1.54) is 18.4 Å². The molecule has 84 valence electrons. The van der Waals surface area contributed by atoms with Crippen LogP contribution in [0.5, 0.6) is 0 Å². The summed E-state index contributed by atoms with van der Waals surface area (Å²) in [5.74, 6) is 0.0682. The Morgan fingerprint density at radius 1 is 1.69 bits per heavy atom. The van der Waals surface area contributed by atoms with Gasteiger partial charge in [0.1, 0.15) is 0 Å². The molecule has 0 radical (unpaired) electrons. The van der Waals surface area contributed by atoms with Crippen LogP contribution in [0.1, 0.15) is 16.3 Å². The van der Waals surface area contributed by atoms with Gasteiger partial charge in [-0.15, -0.1) is 21.5 Å². The topological polar surface area (TPSA) is 106 Å². The molecule has 0 aromatic carbocycles. The molecule has 0 fully saturated rings. The Morgan fingerprint density at radius 3 is 3.25 bits per heavy atom. The molecule has 0 amide bonds. The molecule has 0 atom stereocenters. The van der Waals surface area contributed by atoms with Gasteiger partial charge in [0, 0.05) is 5.38 Å². The molecule has 0 saturated heterocycles. The van der Waals surface area contributed by atoms with E-state index in [9.17, 15) is 4.79 Å². The van der Waals surface area contributed by atoms with E-state index in [4.69, 9.17) is 0 Å². The molecule has 0 saturated carbocycles. The van der Waals surface area contributed by atoms with Crippen molar-refractivity contribution in [1.82, 2.24) is 25.6 Å². The predicted molar refractivity (Wildman–Crippen MR) is 55.0 cm³/mol. The van der Waals surface area contributed by atoms with Crippen LogP contribution in [-0.2, 0) is 11.3 Å². The minimum atomic E-state index is -0.455. The molecule has 2 heterocycles. The first-order valence-electron chi connectivity index (χ1n) is 4.29. The molecule has 8 nitrogen and oxygen atoms in total. The minimum Gasteiger partial charge on any atom is -0.464 e. The lowest BCUT2D eigenvalue weighted by atomic mass is 10.5. The first-order chi connectivity index (χ1) is 7.79. The lowest BCUT2D eigenvalue weighted by Gasteiger charge is -1.96. The summed E-state index contributed by atoms with van der Waals surface area (Å²) >= 11 is 1.31. The third kappa shape index (κ3) is 2.31. The summed E-state index contributed by atoms with van der Waals surface area (Å²) in [6, 6.07) is 0. The molecule has 0 bridgehead atoms. The number of nitrogens with zero attached hydrogens (tertiary/aromatic N) is 4. The summed E-state index contributed by atoms with van der Waals surface area (Å²) in [5, 5.41) is 18.5. The number of esters is 1. The number of nitrogens with one attached hydrogen (secondary N) is 2. The fourth-order valence-electron chi connectivity index (χ4n) is 0.965. The Morgan fingerprint density at radius 2 is 2.56 bits per heavy atom. The lowest BCUT2D eigenvalue weighted by Crippen LogP contribution is -2.04. The largest absolute Gasteiger partial charge is 0.464 e. The molecule has 2 rings (SSSR count). The number of methoxy groups -OCH3 is 1. The van der Waals surface area contributed by atoms with Crippen LogP contribution in [0.3, 0.4) is 0 Å². The summed E-state index contributed by atoms with van der Waals surface area (Å²) in [7, 11) is 1.31. The highest BCUT2D eigenvalue weighted by atomic mass is 32.1. The lowest BCUT2D eigenvalue weighted by molar-refractivity contribution is 0.0595. The zero-order valence-electron chi connectivity index (χ0n) is 8.30. The van der Waals surface area contributed by atoms with Crippen molar-refractivity contribution >= 4 is 22.4 Å². The van der Waals surface area contributed by atoms with E-state index in [0.717, 1.165) is 0 Å². The van der Waals surface area contributed by atoms with Crippen molar-refractivity contribution < 1.29 is 9.53 Å². The van der Waals surface area contributed by atoms with E-state index < -0.39 is 5.97 Å². The van der Waals surface area contributed by atoms with Crippen LogP contribution in [0.4, 0.5) is 5.13 Å². The SMILES string of the molecule is COC(=O)c1csc(NCc2nn[nH]n2)n1. The number of hydrogen-bond donors (Lipinski definition) is 2. The van der Waals surface area contributed by atoms with Crippen molar-refractivity contribution in [3.05, 3.63) is 16.9 Å². The van der Waals surface area contributed by atoms with Crippen LogP contribution < -0.4 is 5.32 Å². The van der Waals surface area contributed by atoms with Crippen LogP contribution in [0.2, 0.25) is 0 Å². The van der Waals surface area contributed by atoms with E-state index in [2.05, 4.69) is 35.7 Å². The van der Waals surface area contributed by atoms with Crippen LogP contribution in [0.15, 0.2) is 5.38 Å². The molecule has 2 aromatic rings. The summed E-state index contributed by atoms with van der Waals surface area (Å²) in [4.78, 5) is 15.1. The standard InChI is InChI=1S/C7H8N6O2S/c1-15-6(14)4-3-16-7(9-4)8-2-5-10-12-13-11-5/h3H,2H2,1H3,(H,8,9)(H,10,11,12,13). The zero-order chi connectivity index (χ0) is 11.4. The van der Waals surface area contributed by atoms with Gasteiger partial charge in [-0.3, -0.25) is 0 Å². The smallest absolute Gasteiger partial charge is 0.357 e. The summed E-state index contributed by atoms with van der Waals surface area (Å²) in [6.07, 6.45) is 0. The van der Waals surface area contributed by atoms with E-state index in [1.807, 2.05) is 0 Å². The van der Waals surface area contributed by atoms with Crippen molar-refractivity contribution in [3.63, 3.8) is 0 Å². The van der Waals surface area contributed by atoms with Gasteiger partial charge in [0.2, 0.25) is 0 Å². The number of carbonyl (C=O) groups is 1. The third-order valence-corrected chi connectivity index (χ3v) is 2.49. The fraction of sp³-hybridized carbons (Fsp3) is 0.286. The Hall–Kier alpha value is -2.03. The quantitative estimate of drug-likeness (QED) is 0.727. The second kappa shape index (κ2) is 4.66. The number of carbonyl (C=O) groups excluding carboxylic acids is 1. The normalized spacial score (nSPS) is 10.1. The van der Waals surface area contributed by atoms with E-state index >= 15 is 0 Å². The highest BCUT2D eigenvalue weighted by Gasteiger charge is 2.10. The number of thiazole rings is 1. The molecule has 0 aliphatic heterocycles. The fourth-order valence-corrected chi connectivity index (χ4v) is 1.64. The van der Waals surface area contributed by atoms with Gasteiger partial charge in [0.15, 0.2) is 16.6 Å². The first kappa shape index (κ1) is 10.5. The average Bonchev–Trinajstić information content (AvgIpc) is 2.96. The number of anilines is 1. The van der Waals surface area contributed by atoms with Gasteiger partial charge in [0.25, 0.3) is 0 Å². The summed E-state index contributed by atoms with van der Waals surface area (Å²) in [5.41, 5.74) is 0.281. The Bertz CT molecular complexity index is 467. The minimum absolute atomic E-state index is 0.281. The van der Waals surface area contributed by atoms with Gasteiger partial charge in [-0.25, -0.2) is 9.78 Å². The first-order valence-corrected chi connectivity index (χ1v) is 5.17. The van der Waals surface area contributed by atoms with Gasteiger partial charge in [-0.1, -0.05) is 5.21 Å². The van der Waals surface area contributed by atoms with E-state index in [1.54, 1.807) is 5.38 Å².